The number of nitrogens with zero attached hydrogens (tertiary/aromatic N) is 1. The van der Waals surface area contributed by atoms with Crippen molar-refractivity contribution in [1.29, 1.82) is 0 Å². The van der Waals surface area contributed by atoms with Gasteiger partial charge in [-0.2, -0.15) is 4.31 Å². The Labute approximate surface area is 179 Å². The molecule has 2 aromatic rings. The third-order valence-corrected chi connectivity index (χ3v) is 7.11. The lowest BCUT2D eigenvalue weighted by molar-refractivity contribution is -0.917. The van der Waals surface area contributed by atoms with Crippen molar-refractivity contribution in [2.75, 3.05) is 26.2 Å². The lowest BCUT2D eigenvalue weighted by Crippen LogP contribution is -3.19. The summed E-state index contributed by atoms with van der Waals surface area (Å²) in [5, 5.41) is 4.26. The molecule has 0 radical (unpaired) electrons. The van der Waals surface area contributed by atoms with Gasteiger partial charge in [0, 0.05) is 12.0 Å². The first kappa shape index (κ1) is 22.2. The summed E-state index contributed by atoms with van der Waals surface area (Å²) in [7, 11) is -3.46. The molecule has 0 aromatic heterocycles. The standard InChI is InChI=1S/C23H29N3O3S/c1-19-8-10-22(11-9-19)18-24-23(27)20(2)25-13-15-26(16-14-25)30(28,29)17-12-21-6-4-3-5-7-21/h3-12,17,20H,13-16,18H2,1-2H3,(H,24,27)/p+1/b17-12+/t20-/m0/s1. The zero-order valence-corrected chi connectivity index (χ0v) is 18.4. The molecule has 1 atom stereocenters. The van der Waals surface area contributed by atoms with Gasteiger partial charge >= 0.3 is 0 Å². The van der Waals surface area contributed by atoms with Crippen LogP contribution in [0.15, 0.2) is 60.0 Å². The fourth-order valence-electron chi connectivity index (χ4n) is 3.51. The number of piperazine rings is 1. The largest absolute Gasteiger partial charge is 0.347 e. The number of nitrogens with one attached hydrogen (secondary N) is 2. The minimum atomic E-state index is -3.46. The predicted octanol–water partition coefficient (Wildman–Crippen LogP) is 1.20. The van der Waals surface area contributed by atoms with Crippen LogP contribution in [0.5, 0.6) is 0 Å². The van der Waals surface area contributed by atoms with Crippen LogP contribution in [0.4, 0.5) is 0 Å². The number of hydrogen-bond acceptors (Lipinski definition) is 3. The summed E-state index contributed by atoms with van der Waals surface area (Å²) in [6.07, 6.45) is 1.62. The van der Waals surface area contributed by atoms with Gasteiger partial charge in [0.25, 0.3) is 5.91 Å². The number of sulfonamides is 1. The molecule has 7 heteroatoms. The van der Waals surface area contributed by atoms with Crippen LogP contribution in [0.3, 0.4) is 0 Å². The van der Waals surface area contributed by atoms with Crippen LogP contribution in [0.25, 0.3) is 6.08 Å². The maximum atomic E-state index is 12.6. The van der Waals surface area contributed by atoms with Crippen LogP contribution >= 0.6 is 0 Å². The fourth-order valence-corrected chi connectivity index (χ4v) is 4.70. The summed E-state index contributed by atoms with van der Waals surface area (Å²) in [5.74, 6) is -0.00847. The normalized spacial score (nSPS) is 17.1. The highest BCUT2D eigenvalue weighted by molar-refractivity contribution is 7.92. The van der Waals surface area contributed by atoms with Crippen molar-refractivity contribution < 1.29 is 18.1 Å². The van der Waals surface area contributed by atoms with Crippen molar-refractivity contribution >= 4 is 22.0 Å². The van der Waals surface area contributed by atoms with Crippen LogP contribution in [0.1, 0.15) is 23.6 Å². The van der Waals surface area contributed by atoms with Gasteiger partial charge in [-0.1, -0.05) is 60.2 Å². The Morgan fingerprint density at radius 2 is 1.73 bits per heavy atom. The van der Waals surface area contributed by atoms with E-state index in [4.69, 9.17) is 0 Å². The summed E-state index contributed by atoms with van der Waals surface area (Å²) >= 11 is 0. The van der Waals surface area contributed by atoms with Crippen molar-refractivity contribution in [3.8, 4) is 0 Å². The summed E-state index contributed by atoms with van der Waals surface area (Å²) in [4.78, 5) is 13.7. The van der Waals surface area contributed by atoms with Crippen molar-refractivity contribution in [2.45, 2.75) is 26.4 Å². The van der Waals surface area contributed by atoms with Gasteiger partial charge in [-0.3, -0.25) is 4.79 Å². The van der Waals surface area contributed by atoms with Crippen LogP contribution in [-0.4, -0.2) is 50.9 Å². The van der Waals surface area contributed by atoms with E-state index in [1.807, 2.05) is 68.4 Å². The zero-order valence-electron chi connectivity index (χ0n) is 17.5. The van der Waals surface area contributed by atoms with Crippen LogP contribution in [-0.2, 0) is 21.4 Å². The van der Waals surface area contributed by atoms with Gasteiger partial charge < -0.3 is 10.2 Å². The second-order valence-electron chi connectivity index (χ2n) is 7.74. The smallest absolute Gasteiger partial charge is 0.278 e. The number of amides is 1. The topological polar surface area (TPSA) is 70.9 Å². The molecule has 2 aromatic carbocycles. The first-order valence-corrected chi connectivity index (χ1v) is 11.8. The number of aryl methyl sites for hydroxylation is 1. The second-order valence-corrected chi connectivity index (χ2v) is 9.56. The highest BCUT2D eigenvalue weighted by Crippen LogP contribution is 2.08. The van der Waals surface area contributed by atoms with E-state index in [-0.39, 0.29) is 11.9 Å². The number of quaternary nitrogens is 1. The molecule has 1 heterocycles. The molecular formula is C23H30N3O3S+. The third-order valence-electron chi connectivity index (χ3n) is 5.55. The van der Waals surface area contributed by atoms with Crippen LogP contribution in [0.2, 0.25) is 0 Å². The fraction of sp³-hybridized carbons (Fsp3) is 0.348. The third kappa shape index (κ3) is 6.01. The van der Waals surface area contributed by atoms with E-state index < -0.39 is 10.0 Å². The molecule has 1 amide bonds. The molecule has 1 fully saturated rings. The Morgan fingerprint density at radius 1 is 1.10 bits per heavy atom. The molecule has 1 saturated heterocycles. The van der Waals surface area contributed by atoms with E-state index in [0.29, 0.717) is 32.7 Å². The average molecular weight is 429 g/mol. The maximum Gasteiger partial charge on any atom is 0.278 e. The SMILES string of the molecule is Cc1ccc(CNC(=O)[C@H](C)[NH+]2CCN(S(=O)(=O)/C=C/c3ccccc3)CC2)cc1. The van der Waals surface area contributed by atoms with E-state index in [2.05, 4.69) is 5.32 Å². The van der Waals surface area contributed by atoms with Gasteiger partial charge in [0.15, 0.2) is 6.04 Å². The van der Waals surface area contributed by atoms with Gasteiger partial charge in [0.1, 0.15) is 0 Å². The quantitative estimate of drug-likeness (QED) is 0.696. The molecule has 1 aliphatic rings. The highest BCUT2D eigenvalue weighted by Gasteiger charge is 2.32. The number of rotatable bonds is 7. The van der Waals surface area contributed by atoms with Crippen molar-refractivity contribution in [3.63, 3.8) is 0 Å². The van der Waals surface area contributed by atoms with E-state index in [0.717, 1.165) is 16.0 Å². The minimum absolute atomic E-state index is 0.00847. The molecule has 0 spiro atoms. The Hall–Kier alpha value is -2.48. The van der Waals surface area contributed by atoms with E-state index in [9.17, 15) is 13.2 Å². The molecule has 1 aliphatic heterocycles. The van der Waals surface area contributed by atoms with E-state index in [1.54, 1.807) is 6.08 Å². The summed E-state index contributed by atoms with van der Waals surface area (Å²) in [6.45, 7) is 6.47. The highest BCUT2D eigenvalue weighted by atomic mass is 32.2. The molecule has 0 bridgehead atoms. The molecule has 30 heavy (non-hydrogen) atoms. The number of carbonyl (C=O) groups is 1. The average Bonchev–Trinajstić information content (AvgIpc) is 2.77. The van der Waals surface area contributed by atoms with Crippen LogP contribution < -0.4 is 10.2 Å². The van der Waals surface area contributed by atoms with Crippen LogP contribution in [0, 0.1) is 6.92 Å². The summed E-state index contributed by atoms with van der Waals surface area (Å²) < 4.78 is 26.7. The lowest BCUT2D eigenvalue weighted by atomic mass is 10.1. The number of carbonyl (C=O) groups excluding carboxylic acids is 1. The predicted molar refractivity (Wildman–Crippen MR) is 119 cm³/mol. The lowest BCUT2D eigenvalue weighted by Gasteiger charge is -2.33. The minimum Gasteiger partial charge on any atom is -0.347 e. The Kier molecular flexibility index (Phi) is 7.42. The molecule has 160 valence electrons. The Bertz CT molecular complexity index is 965. The molecule has 3 rings (SSSR count). The van der Waals surface area contributed by atoms with E-state index >= 15 is 0 Å². The zero-order chi connectivity index (χ0) is 21.6. The number of hydrogen-bond donors (Lipinski definition) is 2. The van der Waals surface area contributed by atoms with Crippen molar-refractivity contribution in [1.82, 2.24) is 9.62 Å². The second kappa shape index (κ2) is 10.0. The molecule has 2 N–H and O–H groups in total. The molecular weight excluding hydrogens is 398 g/mol. The first-order chi connectivity index (χ1) is 14.3. The molecule has 0 unspecified atom stereocenters. The van der Waals surface area contributed by atoms with Gasteiger partial charge in [-0.15, -0.1) is 0 Å². The summed E-state index contributed by atoms with van der Waals surface area (Å²) in [5.41, 5.74) is 3.11. The maximum absolute atomic E-state index is 12.6. The van der Waals surface area contributed by atoms with Crippen molar-refractivity contribution in [3.05, 3.63) is 76.7 Å². The first-order valence-electron chi connectivity index (χ1n) is 10.3. The monoisotopic (exact) mass is 428 g/mol. The van der Waals surface area contributed by atoms with E-state index in [1.165, 1.54) is 15.3 Å². The Balaban J connectivity index is 1.49. The number of benzene rings is 2. The van der Waals surface area contributed by atoms with Crippen molar-refractivity contribution in [2.24, 2.45) is 0 Å². The summed E-state index contributed by atoms with van der Waals surface area (Å²) in [6, 6.07) is 17.2. The van der Waals surface area contributed by atoms with Gasteiger partial charge in [0.05, 0.1) is 26.2 Å². The molecule has 0 saturated carbocycles. The van der Waals surface area contributed by atoms with Gasteiger partial charge in [-0.25, -0.2) is 8.42 Å². The van der Waals surface area contributed by atoms with Gasteiger partial charge in [0.2, 0.25) is 10.0 Å². The Morgan fingerprint density at radius 3 is 2.37 bits per heavy atom. The van der Waals surface area contributed by atoms with Gasteiger partial charge in [-0.05, 0) is 31.1 Å². The molecule has 0 aliphatic carbocycles. The molecule has 6 nitrogen and oxygen atoms in total.